The average Bonchev–Trinajstić information content (AvgIpc) is 2.99. The Morgan fingerprint density at radius 3 is 1.20 bits per heavy atom. The normalized spacial score (nSPS) is 12.0. The maximum atomic E-state index is 11.5. The highest BCUT2D eigenvalue weighted by atomic mass is 16.3. The number of hydrogen-bond donors (Lipinski definition) is 2. The van der Waals surface area contributed by atoms with Gasteiger partial charge < -0.3 is 10.2 Å². The van der Waals surface area contributed by atoms with Crippen LogP contribution in [0.25, 0.3) is 54.6 Å². The van der Waals surface area contributed by atoms with Gasteiger partial charge in [-0.1, -0.05) is 65.8 Å². The summed E-state index contributed by atoms with van der Waals surface area (Å²) >= 11 is 0. The Labute approximate surface area is 256 Å². The van der Waals surface area contributed by atoms with Crippen molar-refractivity contribution in [1.29, 1.82) is 0 Å². The lowest BCUT2D eigenvalue weighted by atomic mass is 9.85. The zero-order valence-corrected chi connectivity index (χ0v) is 25.9. The first kappa shape index (κ1) is 29.0. The molecular weight excluding hydrogens is 544 g/mol. The highest BCUT2D eigenvalue weighted by molar-refractivity contribution is 5.96. The van der Waals surface area contributed by atoms with E-state index in [2.05, 4.69) is 41.5 Å². The molecule has 3 heterocycles. The van der Waals surface area contributed by atoms with E-state index < -0.39 is 0 Å². The van der Waals surface area contributed by atoms with Crippen LogP contribution >= 0.6 is 0 Å². The second-order valence-electron chi connectivity index (χ2n) is 13.2. The fraction of sp³-hybridized carbons (Fsp3) is 0.211. The number of nitrogens with zero attached hydrogens (tertiary/aromatic N) is 4. The maximum Gasteiger partial charge on any atom is 0.133 e. The van der Waals surface area contributed by atoms with Crippen molar-refractivity contribution in [1.82, 2.24) is 19.9 Å². The average molecular weight is 581 g/mol. The lowest BCUT2D eigenvalue weighted by Crippen LogP contribution is -2.10. The van der Waals surface area contributed by atoms with Gasteiger partial charge >= 0.3 is 0 Å². The summed E-state index contributed by atoms with van der Waals surface area (Å²) in [6.45, 7) is 12.8. The largest absolute Gasteiger partial charge is 0.507 e. The number of fused-ring (bicyclic) bond motifs is 12. The monoisotopic (exact) mass is 580 g/mol. The summed E-state index contributed by atoms with van der Waals surface area (Å²) in [5.74, 6) is 0.203. The van der Waals surface area contributed by atoms with E-state index >= 15 is 0 Å². The van der Waals surface area contributed by atoms with Crippen LogP contribution in [0.2, 0.25) is 0 Å². The molecular formula is C38H36N4O2. The van der Waals surface area contributed by atoms with Crippen LogP contribution in [0, 0.1) is 0 Å². The molecule has 0 fully saturated rings. The second-order valence-corrected chi connectivity index (χ2v) is 13.2. The summed E-state index contributed by atoms with van der Waals surface area (Å²) in [6.07, 6.45) is 3.35. The van der Waals surface area contributed by atoms with Gasteiger partial charge in [0.2, 0.25) is 0 Å². The third-order valence-electron chi connectivity index (χ3n) is 7.89. The van der Waals surface area contributed by atoms with Crippen LogP contribution in [0.1, 0.15) is 52.7 Å². The Hall–Kier alpha value is -5.10. The first-order valence-corrected chi connectivity index (χ1v) is 14.8. The molecule has 8 bridgehead atoms. The quantitative estimate of drug-likeness (QED) is 0.186. The minimum atomic E-state index is -0.182. The highest BCUT2D eigenvalue weighted by Crippen LogP contribution is 2.35. The predicted octanol–water partition coefficient (Wildman–Crippen LogP) is 9.29. The predicted molar refractivity (Wildman–Crippen MR) is 181 cm³/mol. The van der Waals surface area contributed by atoms with Crippen molar-refractivity contribution in [3.05, 3.63) is 108 Å². The van der Waals surface area contributed by atoms with E-state index in [1.54, 1.807) is 12.4 Å². The van der Waals surface area contributed by atoms with Crippen molar-refractivity contribution in [3.63, 3.8) is 0 Å². The van der Waals surface area contributed by atoms with Gasteiger partial charge in [0.1, 0.15) is 11.5 Å². The van der Waals surface area contributed by atoms with Crippen molar-refractivity contribution in [2.45, 2.75) is 52.4 Å². The molecule has 44 heavy (non-hydrogen) atoms. The fourth-order valence-corrected chi connectivity index (χ4v) is 5.18. The van der Waals surface area contributed by atoms with Gasteiger partial charge in [-0.25, -0.2) is 9.97 Å². The lowest BCUT2D eigenvalue weighted by Gasteiger charge is -2.20. The topological polar surface area (TPSA) is 92.0 Å². The Morgan fingerprint density at radius 1 is 0.455 bits per heavy atom. The van der Waals surface area contributed by atoms with E-state index in [4.69, 9.17) is 19.9 Å². The van der Waals surface area contributed by atoms with Crippen LogP contribution in [-0.2, 0) is 10.8 Å². The third-order valence-corrected chi connectivity index (χ3v) is 7.89. The van der Waals surface area contributed by atoms with E-state index in [1.807, 2.05) is 84.9 Å². The summed E-state index contributed by atoms with van der Waals surface area (Å²) in [5, 5.41) is 25.5. The van der Waals surface area contributed by atoms with Crippen LogP contribution < -0.4 is 0 Å². The molecule has 6 rings (SSSR count). The number of benzene rings is 3. The van der Waals surface area contributed by atoms with E-state index in [-0.39, 0.29) is 22.3 Å². The number of aromatic hydroxyl groups is 2. The molecule has 0 aliphatic carbocycles. The number of phenols is 2. The second kappa shape index (κ2) is 10.9. The molecule has 0 atom stereocenters. The van der Waals surface area contributed by atoms with E-state index in [0.717, 1.165) is 11.1 Å². The highest BCUT2D eigenvalue weighted by Gasteiger charge is 2.18. The maximum absolute atomic E-state index is 11.5. The zero-order valence-electron chi connectivity index (χ0n) is 25.9. The molecule has 6 heteroatoms. The van der Waals surface area contributed by atoms with Crippen molar-refractivity contribution in [2.24, 2.45) is 0 Å². The summed E-state index contributed by atoms with van der Waals surface area (Å²) in [5.41, 5.74) is 5.55. The van der Waals surface area contributed by atoms with Gasteiger partial charge in [0.15, 0.2) is 0 Å². The molecule has 3 aromatic heterocycles. The van der Waals surface area contributed by atoms with E-state index in [0.29, 0.717) is 54.6 Å². The standard InChI is InChI=1S/C38H36N4O2/c1-37(2,3)25-17-23-21-39-31-11-7-8-12-32(31)40-22-24-18-26(38(4,5)6)20-28(36(24)44)30-14-10-16-34(42-30)33-15-9-13-29(41-33)27(19-25)35(23)43/h7-22,43-44H,1-6H3. The smallest absolute Gasteiger partial charge is 0.133 e. The van der Waals surface area contributed by atoms with Crippen molar-refractivity contribution in [3.8, 4) is 11.5 Å². The minimum Gasteiger partial charge on any atom is -0.507 e. The minimum absolute atomic E-state index is 0.102. The molecule has 6 nitrogen and oxygen atoms in total. The van der Waals surface area contributed by atoms with E-state index in [9.17, 15) is 10.2 Å². The zero-order chi connectivity index (χ0) is 31.2. The number of hydrogen-bond acceptors (Lipinski definition) is 6. The molecule has 3 aromatic carbocycles. The molecule has 0 saturated heterocycles. The Kier molecular flexibility index (Phi) is 7.16. The van der Waals surface area contributed by atoms with Crippen LogP contribution in [0.5, 0.6) is 11.5 Å². The van der Waals surface area contributed by atoms with Gasteiger partial charge in [0, 0.05) is 33.9 Å². The summed E-state index contributed by atoms with van der Waals surface area (Å²) in [6, 6.07) is 26.9. The van der Waals surface area contributed by atoms with Gasteiger partial charge in [0.25, 0.3) is 0 Å². The van der Waals surface area contributed by atoms with Gasteiger partial charge in [-0.05, 0) is 82.6 Å². The van der Waals surface area contributed by atoms with Gasteiger partial charge in [-0.2, -0.15) is 0 Å². The van der Waals surface area contributed by atoms with Crippen LogP contribution in [-0.4, -0.2) is 30.1 Å². The number of aromatic nitrogens is 4. The molecule has 220 valence electrons. The lowest BCUT2D eigenvalue weighted by molar-refractivity contribution is 0.486. The Morgan fingerprint density at radius 2 is 0.818 bits per heavy atom. The van der Waals surface area contributed by atoms with Crippen molar-refractivity contribution >= 4 is 54.6 Å². The number of rotatable bonds is 0. The van der Waals surface area contributed by atoms with Gasteiger partial charge in [-0.3, -0.25) is 9.97 Å². The Balaban J connectivity index is 1.87. The van der Waals surface area contributed by atoms with Crippen molar-refractivity contribution < 1.29 is 10.2 Å². The number of pyridine rings is 2. The first-order chi connectivity index (χ1) is 20.9. The first-order valence-electron chi connectivity index (χ1n) is 14.8. The summed E-state index contributed by atoms with van der Waals surface area (Å²) in [7, 11) is 0. The third kappa shape index (κ3) is 5.63. The van der Waals surface area contributed by atoms with E-state index in [1.165, 1.54) is 0 Å². The van der Waals surface area contributed by atoms with Gasteiger partial charge in [0.05, 0.1) is 33.1 Å². The fourth-order valence-electron chi connectivity index (χ4n) is 5.18. The van der Waals surface area contributed by atoms with Crippen LogP contribution in [0.15, 0.2) is 97.3 Å². The molecule has 0 aliphatic heterocycles. The number of phenolic OH excluding ortho intramolecular Hbond substituents is 2. The van der Waals surface area contributed by atoms with Crippen LogP contribution in [0.3, 0.4) is 0 Å². The van der Waals surface area contributed by atoms with Gasteiger partial charge in [-0.15, -0.1) is 0 Å². The molecule has 0 radical (unpaired) electrons. The molecule has 0 spiro atoms. The molecule has 6 aromatic rings. The molecule has 0 amide bonds. The number of para-hydroxylation sites is 2. The Bertz CT molecular complexity index is 2070. The molecule has 0 unspecified atom stereocenters. The molecule has 0 saturated carbocycles. The molecule has 2 N–H and O–H groups in total. The summed E-state index contributed by atoms with van der Waals surface area (Å²) in [4.78, 5) is 19.5. The van der Waals surface area contributed by atoms with Crippen molar-refractivity contribution in [2.75, 3.05) is 0 Å². The van der Waals surface area contributed by atoms with Crippen LogP contribution in [0.4, 0.5) is 0 Å². The molecule has 0 aliphatic rings. The SMILES string of the molecule is CC(C)(C)c1cc2cnc3ccccc3ncc3cc(C(C)(C)C)cc(c3O)c3cccc(n3)c3cccc(n3)c(c1)c2O. The summed E-state index contributed by atoms with van der Waals surface area (Å²) < 4.78 is 0.